The van der Waals surface area contributed by atoms with Crippen molar-refractivity contribution >= 4 is 29.4 Å². The molecule has 2 aromatic rings. The molecule has 160 valence electrons. The molecule has 0 spiro atoms. The van der Waals surface area contributed by atoms with E-state index >= 15 is 0 Å². The van der Waals surface area contributed by atoms with E-state index in [9.17, 15) is 24.5 Å². The Labute approximate surface area is 176 Å². The van der Waals surface area contributed by atoms with Crippen molar-refractivity contribution in [2.24, 2.45) is 5.73 Å². The minimum atomic E-state index is -1.52. The van der Waals surface area contributed by atoms with Gasteiger partial charge in [-0.15, -0.1) is 0 Å². The van der Waals surface area contributed by atoms with Gasteiger partial charge in [0.15, 0.2) is 0 Å². The molecule has 11 nitrogen and oxygen atoms in total. The lowest BCUT2D eigenvalue weighted by Gasteiger charge is -2.32. The van der Waals surface area contributed by atoms with Crippen LogP contribution in [0.4, 0.5) is 10.5 Å². The van der Waals surface area contributed by atoms with Crippen LogP contribution >= 0.6 is 0 Å². The third-order valence-electron chi connectivity index (χ3n) is 5.20. The molecule has 1 unspecified atom stereocenters. The number of nitrogen functional groups attached to an aromatic ring is 1. The van der Waals surface area contributed by atoms with Crippen molar-refractivity contribution in [1.29, 1.82) is 5.41 Å². The Morgan fingerprint density at radius 3 is 2.23 bits per heavy atom. The zero-order valence-corrected chi connectivity index (χ0v) is 16.4. The first-order valence-corrected chi connectivity index (χ1v) is 9.09. The lowest BCUT2D eigenvalue weighted by Crippen LogP contribution is -2.44. The van der Waals surface area contributed by atoms with E-state index in [1.165, 1.54) is 48.2 Å². The third-order valence-corrected chi connectivity index (χ3v) is 5.20. The first-order valence-electron chi connectivity index (χ1n) is 9.09. The zero-order chi connectivity index (χ0) is 22.9. The standard InChI is InChI=1S/C20H19N5O6/c1-20(14-6-4-13(5-7-14)17(21)22)18(28)23(11-16(26)27)19(29)24(20)10-12-2-8-15(9-3-12)25(30)31/h2-9H,10-11H2,1H3,(H3,21,22)(H,26,27). The van der Waals surface area contributed by atoms with E-state index in [4.69, 9.17) is 16.2 Å². The molecule has 1 aliphatic heterocycles. The maximum atomic E-state index is 13.2. The fourth-order valence-electron chi connectivity index (χ4n) is 3.46. The van der Waals surface area contributed by atoms with Gasteiger partial charge in [-0.3, -0.25) is 30.0 Å². The normalized spacial score (nSPS) is 18.4. The van der Waals surface area contributed by atoms with Crippen molar-refractivity contribution < 1.29 is 24.4 Å². The Bertz CT molecular complexity index is 1080. The molecule has 0 radical (unpaired) electrons. The number of amidine groups is 1. The number of nitro benzene ring substituents is 1. The molecule has 0 aromatic heterocycles. The number of carbonyl (C=O) groups excluding carboxylic acids is 2. The van der Waals surface area contributed by atoms with Crippen LogP contribution in [0.1, 0.15) is 23.6 Å². The molecule has 1 atom stereocenters. The molecular weight excluding hydrogens is 406 g/mol. The summed E-state index contributed by atoms with van der Waals surface area (Å²) in [5.41, 5.74) is 5.18. The number of carboxylic acid groups (broad SMARTS) is 1. The minimum absolute atomic E-state index is 0.0797. The van der Waals surface area contributed by atoms with E-state index in [0.717, 1.165) is 0 Å². The number of non-ortho nitro benzene ring substituents is 1. The molecule has 0 saturated carbocycles. The highest BCUT2D eigenvalue weighted by Gasteiger charge is 2.55. The number of hydrogen-bond acceptors (Lipinski definition) is 6. The molecule has 1 saturated heterocycles. The predicted molar refractivity (Wildman–Crippen MR) is 108 cm³/mol. The third kappa shape index (κ3) is 3.80. The molecule has 0 aliphatic carbocycles. The van der Waals surface area contributed by atoms with E-state index in [-0.39, 0.29) is 18.1 Å². The Balaban J connectivity index is 2.04. The number of nitro groups is 1. The number of rotatable bonds is 7. The summed E-state index contributed by atoms with van der Waals surface area (Å²) in [6, 6.07) is 10.9. The van der Waals surface area contributed by atoms with E-state index in [1.54, 1.807) is 12.1 Å². The number of benzene rings is 2. The van der Waals surface area contributed by atoms with Gasteiger partial charge in [-0.2, -0.15) is 0 Å². The first-order chi connectivity index (χ1) is 14.6. The van der Waals surface area contributed by atoms with Gasteiger partial charge >= 0.3 is 12.0 Å². The summed E-state index contributed by atoms with van der Waals surface area (Å²) in [4.78, 5) is 49.6. The molecular formula is C20H19N5O6. The summed E-state index contributed by atoms with van der Waals surface area (Å²) >= 11 is 0. The van der Waals surface area contributed by atoms with E-state index in [0.29, 0.717) is 21.6 Å². The highest BCUT2D eigenvalue weighted by atomic mass is 16.6. The molecule has 3 rings (SSSR count). The molecule has 31 heavy (non-hydrogen) atoms. The fourth-order valence-corrected chi connectivity index (χ4v) is 3.46. The summed E-state index contributed by atoms with van der Waals surface area (Å²) in [5.74, 6) is -2.22. The fraction of sp³-hybridized carbons (Fsp3) is 0.200. The van der Waals surface area contributed by atoms with Crippen LogP contribution in [0.25, 0.3) is 0 Å². The van der Waals surface area contributed by atoms with Gasteiger partial charge in [0.1, 0.15) is 17.9 Å². The first kappa shape index (κ1) is 21.4. The topological polar surface area (TPSA) is 171 Å². The Morgan fingerprint density at radius 2 is 1.74 bits per heavy atom. The second-order valence-corrected chi connectivity index (χ2v) is 7.14. The number of carbonyl (C=O) groups is 3. The minimum Gasteiger partial charge on any atom is -0.480 e. The number of urea groups is 1. The van der Waals surface area contributed by atoms with Crippen LogP contribution in [-0.4, -0.2) is 50.1 Å². The Morgan fingerprint density at radius 1 is 1.16 bits per heavy atom. The molecule has 4 N–H and O–H groups in total. The quantitative estimate of drug-likeness (QED) is 0.199. The number of imide groups is 1. The monoisotopic (exact) mass is 425 g/mol. The van der Waals surface area contributed by atoms with E-state index in [2.05, 4.69) is 0 Å². The lowest BCUT2D eigenvalue weighted by atomic mass is 9.89. The molecule has 1 fully saturated rings. The van der Waals surface area contributed by atoms with Gasteiger partial charge in [-0.25, -0.2) is 4.79 Å². The van der Waals surface area contributed by atoms with Crippen LogP contribution in [0.15, 0.2) is 48.5 Å². The Kier molecular flexibility index (Phi) is 5.43. The molecule has 2 aromatic carbocycles. The van der Waals surface area contributed by atoms with Crippen molar-refractivity contribution in [1.82, 2.24) is 9.80 Å². The number of nitrogens with one attached hydrogen (secondary N) is 1. The van der Waals surface area contributed by atoms with Gasteiger partial charge in [0.05, 0.1) is 4.92 Å². The van der Waals surface area contributed by atoms with Crippen molar-refractivity contribution in [2.75, 3.05) is 6.54 Å². The van der Waals surface area contributed by atoms with Crippen LogP contribution in [0, 0.1) is 15.5 Å². The van der Waals surface area contributed by atoms with Crippen LogP contribution < -0.4 is 5.73 Å². The van der Waals surface area contributed by atoms with Gasteiger partial charge < -0.3 is 15.7 Å². The number of carboxylic acids is 1. The van der Waals surface area contributed by atoms with Crippen molar-refractivity contribution in [2.45, 2.75) is 19.0 Å². The van der Waals surface area contributed by atoms with Gasteiger partial charge in [-0.1, -0.05) is 36.4 Å². The van der Waals surface area contributed by atoms with Crippen LogP contribution in [-0.2, 0) is 21.7 Å². The molecule has 0 bridgehead atoms. The van der Waals surface area contributed by atoms with E-state index in [1.807, 2.05) is 0 Å². The Hall–Kier alpha value is -4.28. The summed E-state index contributed by atoms with van der Waals surface area (Å²) in [7, 11) is 0. The number of aliphatic carboxylic acids is 1. The number of amides is 3. The van der Waals surface area contributed by atoms with Gasteiger partial charge in [0, 0.05) is 24.2 Å². The number of nitrogens with zero attached hydrogens (tertiary/aromatic N) is 3. The van der Waals surface area contributed by atoms with Crippen molar-refractivity contribution in [3.05, 3.63) is 75.3 Å². The SMILES string of the molecule is CC1(c2ccc(C(=N)N)cc2)C(=O)N(CC(=O)O)C(=O)N1Cc1ccc([N+](=O)[O-])cc1. The van der Waals surface area contributed by atoms with Crippen molar-refractivity contribution in [3.63, 3.8) is 0 Å². The average molecular weight is 425 g/mol. The van der Waals surface area contributed by atoms with Crippen LogP contribution in [0.5, 0.6) is 0 Å². The summed E-state index contributed by atoms with van der Waals surface area (Å²) in [5, 5.41) is 27.5. The summed E-state index contributed by atoms with van der Waals surface area (Å²) in [6.45, 7) is 0.627. The van der Waals surface area contributed by atoms with Crippen LogP contribution in [0.2, 0.25) is 0 Å². The predicted octanol–water partition coefficient (Wildman–Crippen LogP) is 1.64. The van der Waals surface area contributed by atoms with Gasteiger partial charge in [-0.05, 0) is 18.1 Å². The lowest BCUT2D eigenvalue weighted by molar-refractivity contribution is -0.384. The van der Waals surface area contributed by atoms with Crippen LogP contribution in [0.3, 0.4) is 0 Å². The maximum absolute atomic E-state index is 13.2. The van der Waals surface area contributed by atoms with Crippen molar-refractivity contribution in [3.8, 4) is 0 Å². The number of nitrogens with two attached hydrogens (primary N) is 1. The van der Waals surface area contributed by atoms with Gasteiger partial charge in [0.2, 0.25) is 0 Å². The smallest absolute Gasteiger partial charge is 0.328 e. The van der Waals surface area contributed by atoms with E-state index < -0.39 is 34.9 Å². The zero-order valence-electron chi connectivity index (χ0n) is 16.4. The average Bonchev–Trinajstić information content (AvgIpc) is 2.90. The largest absolute Gasteiger partial charge is 0.480 e. The highest BCUT2D eigenvalue weighted by Crippen LogP contribution is 2.38. The molecule has 1 heterocycles. The molecule has 3 amide bonds. The maximum Gasteiger partial charge on any atom is 0.328 e. The van der Waals surface area contributed by atoms with Gasteiger partial charge in [0.25, 0.3) is 11.6 Å². The second-order valence-electron chi connectivity index (χ2n) is 7.14. The summed E-state index contributed by atoms with van der Waals surface area (Å²) < 4.78 is 0. The second kappa shape index (κ2) is 7.86. The molecule has 1 aliphatic rings. The molecule has 11 heteroatoms. The highest BCUT2D eigenvalue weighted by molar-refractivity contribution is 6.08. The summed E-state index contributed by atoms with van der Waals surface area (Å²) in [6.07, 6.45) is 0. The number of hydrogen-bond donors (Lipinski definition) is 3.